The fraction of sp³-hybridized carbons (Fsp3) is 0.192. The Bertz CT molecular complexity index is 1430. The molecule has 12 heteroatoms. The van der Waals surface area contributed by atoms with Gasteiger partial charge < -0.3 is 15.2 Å². The molecule has 38 heavy (non-hydrogen) atoms. The summed E-state index contributed by atoms with van der Waals surface area (Å²) < 4.78 is 96.3. The second-order valence-corrected chi connectivity index (χ2v) is 8.80. The van der Waals surface area contributed by atoms with E-state index >= 15 is 0 Å². The van der Waals surface area contributed by atoms with Gasteiger partial charge in [0.05, 0.1) is 16.9 Å². The number of hydrogen-bond donors (Lipinski definition) is 2. The number of benzene rings is 2. The van der Waals surface area contributed by atoms with Crippen molar-refractivity contribution in [3.8, 4) is 28.6 Å². The number of aromatic hydroxyl groups is 1. The largest absolute Gasteiger partial charge is 0.573 e. The molecule has 0 saturated heterocycles. The number of nitrogens with one attached hydrogen (secondary N) is 1. The van der Waals surface area contributed by atoms with Crippen molar-refractivity contribution in [1.29, 1.82) is 0 Å². The number of hydrogen-bond acceptors (Lipinski definition) is 4. The highest BCUT2D eigenvalue weighted by Gasteiger charge is 2.34. The van der Waals surface area contributed by atoms with Crippen molar-refractivity contribution < 1.29 is 40.6 Å². The van der Waals surface area contributed by atoms with E-state index in [0.29, 0.717) is 5.56 Å². The van der Waals surface area contributed by atoms with Gasteiger partial charge >= 0.3 is 12.5 Å². The van der Waals surface area contributed by atoms with Crippen LogP contribution in [0.3, 0.4) is 0 Å². The van der Waals surface area contributed by atoms with Crippen LogP contribution in [0, 0.1) is 5.82 Å². The molecule has 0 aliphatic carbocycles. The maximum Gasteiger partial charge on any atom is 0.573 e. The minimum absolute atomic E-state index is 0.0838. The molecule has 200 valence electrons. The van der Waals surface area contributed by atoms with E-state index in [9.17, 15) is 35.8 Å². The first-order chi connectivity index (χ1) is 17.7. The summed E-state index contributed by atoms with van der Waals surface area (Å²) >= 11 is 0. The summed E-state index contributed by atoms with van der Waals surface area (Å²) in [6, 6.07) is 13.8. The van der Waals surface area contributed by atoms with Crippen LogP contribution in [0.1, 0.15) is 25.1 Å². The van der Waals surface area contributed by atoms with Crippen LogP contribution in [0.15, 0.2) is 72.9 Å². The van der Waals surface area contributed by atoms with Crippen molar-refractivity contribution in [3.05, 3.63) is 90.0 Å². The Morgan fingerprint density at radius 3 is 2.11 bits per heavy atom. The van der Waals surface area contributed by atoms with E-state index in [1.165, 1.54) is 47.0 Å². The first kappa shape index (κ1) is 26.8. The quantitative estimate of drug-likeness (QED) is 0.247. The summed E-state index contributed by atoms with van der Waals surface area (Å²) in [5.74, 6) is -1.53. The summed E-state index contributed by atoms with van der Waals surface area (Å²) in [6.07, 6.45) is -8.45. The van der Waals surface area contributed by atoms with Gasteiger partial charge in [0.25, 0.3) is 0 Å². The first-order valence-electron chi connectivity index (χ1n) is 11.0. The monoisotopic (exact) mass is 539 g/mol. The van der Waals surface area contributed by atoms with Crippen molar-refractivity contribution in [3.63, 3.8) is 0 Å². The fourth-order valence-corrected chi connectivity index (χ4v) is 3.86. The molecule has 0 spiro atoms. The summed E-state index contributed by atoms with van der Waals surface area (Å²) in [7, 11) is 0. The number of halogens is 7. The minimum atomic E-state index is -4.90. The third kappa shape index (κ3) is 5.68. The van der Waals surface area contributed by atoms with Crippen LogP contribution in [-0.4, -0.2) is 21.0 Å². The maximum absolute atomic E-state index is 14.7. The van der Waals surface area contributed by atoms with Crippen LogP contribution >= 0.6 is 0 Å². The summed E-state index contributed by atoms with van der Waals surface area (Å²) in [5.41, 5.74) is -1.24. The number of alkyl halides is 6. The molecule has 4 rings (SSSR count). The lowest BCUT2D eigenvalue weighted by Gasteiger charge is -2.27. The molecule has 2 heterocycles. The number of nitrogens with zero attached hydrogens (tertiary/aromatic N) is 2. The molecule has 0 radical (unpaired) electrons. The topological polar surface area (TPSA) is 59.3 Å². The molecule has 0 bridgehead atoms. The van der Waals surface area contributed by atoms with Crippen LogP contribution < -0.4 is 10.1 Å². The number of rotatable bonds is 6. The lowest BCUT2D eigenvalue weighted by Crippen LogP contribution is -2.28. The van der Waals surface area contributed by atoms with Gasteiger partial charge in [-0.15, -0.1) is 13.2 Å². The predicted octanol–water partition coefficient (Wildman–Crippen LogP) is 7.65. The molecule has 0 unspecified atom stereocenters. The van der Waals surface area contributed by atoms with Crippen LogP contribution in [0.25, 0.3) is 16.9 Å². The highest BCUT2D eigenvalue weighted by atomic mass is 19.4. The van der Waals surface area contributed by atoms with E-state index in [2.05, 4.69) is 15.0 Å². The number of pyridine rings is 1. The third-order valence-corrected chi connectivity index (χ3v) is 5.68. The first-order valence-corrected chi connectivity index (χ1v) is 11.0. The molecule has 0 aliphatic heterocycles. The molecule has 0 amide bonds. The molecule has 0 atom stereocenters. The van der Waals surface area contributed by atoms with Crippen molar-refractivity contribution in [1.82, 2.24) is 9.55 Å². The van der Waals surface area contributed by atoms with Crippen molar-refractivity contribution >= 4 is 5.69 Å². The average Bonchev–Trinajstić information content (AvgIpc) is 3.13. The number of ether oxygens (including phenoxy) is 1. The predicted molar refractivity (Wildman–Crippen MR) is 125 cm³/mol. The smallest absolute Gasteiger partial charge is 0.493 e. The zero-order valence-electron chi connectivity index (χ0n) is 19.8. The Balaban J connectivity index is 1.76. The van der Waals surface area contributed by atoms with E-state index in [1.54, 1.807) is 19.9 Å². The van der Waals surface area contributed by atoms with Gasteiger partial charge in [0.2, 0.25) is 5.88 Å². The molecule has 2 aromatic carbocycles. The lowest BCUT2D eigenvalue weighted by atomic mass is 9.95. The molecule has 0 saturated carbocycles. The molecule has 2 aromatic heterocycles. The van der Waals surface area contributed by atoms with Crippen LogP contribution in [0.5, 0.6) is 11.6 Å². The van der Waals surface area contributed by atoms with Crippen molar-refractivity contribution in [2.75, 3.05) is 5.32 Å². The second-order valence-electron chi connectivity index (χ2n) is 8.80. The molecule has 0 aliphatic rings. The van der Waals surface area contributed by atoms with Gasteiger partial charge in [0.15, 0.2) is 0 Å². The molecule has 0 fully saturated rings. The molecule has 2 N–H and O–H groups in total. The SMILES string of the molecule is CC(C)(Nc1cc(-c2ccccc2F)n(-c2ccc(OC(F)(F)F)cc2)c1O)c1ccc(C(F)(F)F)nc1. The van der Waals surface area contributed by atoms with Gasteiger partial charge in [-0.3, -0.25) is 9.55 Å². The highest BCUT2D eigenvalue weighted by Crippen LogP contribution is 2.41. The van der Waals surface area contributed by atoms with Crippen molar-refractivity contribution in [2.24, 2.45) is 0 Å². The Morgan fingerprint density at radius 2 is 1.55 bits per heavy atom. The summed E-state index contributed by atoms with van der Waals surface area (Å²) in [6.45, 7) is 3.28. The molecule has 4 aromatic rings. The normalized spacial score (nSPS) is 12.4. The van der Waals surface area contributed by atoms with Crippen LogP contribution in [-0.2, 0) is 11.7 Å². The van der Waals surface area contributed by atoms with Crippen LogP contribution in [0.2, 0.25) is 0 Å². The zero-order chi connectivity index (χ0) is 27.9. The highest BCUT2D eigenvalue weighted by molar-refractivity contribution is 5.75. The lowest BCUT2D eigenvalue weighted by molar-refractivity contribution is -0.274. The Hall–Kier alpha value is -4.22. The van der Waals surface area contributed by atoms with Gasteiger partial charge in [0, 0.05) is 17.4 Å². The standard InChI is InChI=1S/C26H20F7N3O2/c1-24(2,15-7-12-22(34-14-15)25(28,29)30)35-20-13-21(18-5-3-4-6-19(18)27)36(23(20)37)16-8-10-17(11-9-16)38-26(31,32)33/h3-14,35,37H,1-2H3. The zero-order valence-corrected chi connectivity index (χ0v) is 19.8. The van der Waals surface area contributed by atoms with Gasteiger partial charge in [0.1, 0.15) is 17.3 Å². The minimum Gasteiger partial charge on any atom is -0.493 e. The third-order valence-electron chi connectivity index (χ3n) is 5.68. The molecular weight excluding hydrogens is 519 g/mol. The van der Waals surface area contributed by atoms with E-state index in [1.807, 2.05) is 0 Å². The van der Waals surface area contributed by atoms with Gasteiger partial charge in [-0.1, -0.05) is 18.2 Å². The summed E-state index contributed by atoms with van der Waals surface area (Å²) in [4.78, 5) is 3.47. The fourth-order valence-electron chi connectivity index (χ4n) is 3.86. The van der Waals surface area contributed by atoms with E-state index in [4.69, 9.17) is 0 Å². The summed E-state index contributed by atoms with van der Waals surface area (Å²) in [5, 5.41) is 14.2. The van der Waals surface area contributed by atoms with E-state index in [0.717, 1.165) is 24.4 Å². The average molecular weight is 539 g/mol. The Labute approximate surface area is 212 Å². The van der Waals surface area contributed by atoms with Gasteiger partial charge in [-0.25, -0.2) is 4.39 Å². The van der Waals surface area contributed by atoms with Crippen LogP contribution in [0.4, 0.5) is 36.4 Å². The maximum atomic E-state index is 14.7. The van der Waals surface area contributed by atoms with E-state index in [-0.39, 0.29) is 22.6 Å². The Morgan fingerprint density at radius 1 is 0.895 bits per heavy atom. The number of aromatic nitrogens is 2. The van der Waals surface area contributed by atoms with E-state index < -0.39 is 41.2 Å². The Kier molecular flexibility index (Phi) is 6.77. The van der Waals surface area contributed by atoms with Gasteiger partial charge in [-0.2, -0.15) is 13.2 Å². The second kappa shape index (κ2) is 9.58. The number of anilines is 1. The molecule has 5 nitrogen and oxygen atoms in total. The van der Waals surface area contributed by atoms with Gasteiger partial charge in [-0.05, 0) is 67.9 Å². The molecular formula is C26H20F7N3O2. The van der Waals surface area contributed by atoms with Crippen molar-refractivity contribution in [2.45, 2.75) is 31.9 Å².